The number of likely N-dealkylation sites (N-methyl/N-ethyl adjacent to an activating group) is 1. The van der Waals surface area contributed by atoms with Crippen LogP contribution in [0, 0.1) is 0 Å². The third-order valence-corrected chi connectivity index (χ3v) is 3.06. The van der Waals surface area contributed by atoms with E-state index in [4.69, 9.17) is 0 Å². The zero-order valence-corrected chi connectivity index (χ0v) is 12.6. The molecule has 0 aromatic carbocycles. The molecule has 0 aliphatic rings. The lowest BCUT2D eigenvalue weighted by Gasteiger charge is -2.23. The molecule has 0 aliphatic carbocycles. The van der Waals surface area contributed by atoms with Gasteiger partial charge in [0.05, 0.1) is 0 Å². The van der Waals surface area contributed by atoms with Crippen LogP contribution in [0.15, 0.2) is 24.5 Å². The molecule has 0 bridgehead atoms. The lowest BCUT2D eigenvalue weighted by atomic mass is 10.3. The van der Waals surface area contributed by atoms with Crippen LogP contribution in [-0.4, -0.2) is 61.6 Å². The van der Waals surface area contributed by atoms with Crippen molar-refractivity contribution in [1.29, 1.82) is 0 Å². The third kappa shape index (κ3) is 7.93. The molecule has 1 aromatic rings. The summed E-state index contributed by atoms with van der Waals surface area (Å²) in [5.41, 5.74) is 1.25. The Balaban J connectivity index is 2.17. The smallest absolute Gasteiger partial charge is 0.0312 e. The van der Waals surface area contributed by atoms with E-state index in [9.17, 15) is 0 Å². The second-order valence-corrected chi connectivity index (χ2v) is 5.18. The molecule has 0 saturated heterocycles. The highest BCUT2D eigenvalue weighted by Crippen LogP contribution is 1.95. The van der Waals surface area contributed by atoms with Crippen LogP contribution < -0.4 is 5.32 Å². The van der Waals surface area contributed by atoms with Gasteiger partial charge in [0.25, 0.3) is 0 Å². The normalized spacial score (nSPS) is 11.4. The van der Waals surface area contributed by atoms with Crippen molar-refractivity contribution in [3.63, 3.8) is 0 Å². The molecule has 19 heavy (non-hydrogen) atoms. The molecule has 0 atom stereocenters. The summed E-state index contributed by atoms with van der Waals surface area (Å²) in [6.07, 6.45) is 4.95. The molecule has 0 spiro atoms. The Morgan fingerprint density at radius 3 is 2.63 bits per heavy atom. The fourth-order valence-corrected chi connectivity index (χ4v) is 1.97. The Kier molecular flexibility index (Phi) is 8.38. The van der Waals surface area contributed by atoms with Gasteiger partial charge in [0.1, 0.15) is 0 Å². The first-order chi connectivity index (χ1) is 9.22. The molecule has 1 rings (SSSR count). The van der Waals surface area contributed by atoms with E-state index in [0.717, 1.165) is 32.7 Å². The first-order valence-corrected chi connectivity index (χ1v) is 7.19. The predicted molar refractivity (Wildman–Crippen MR) is 81.2 cm³/mol. The SMILES string of the molecule is CCCN(CCNCc1cccnc1)CCN(C)C. The van der Waals surface area contributed by atoms with Gasteiger partial charge in [-0.2, -0.15) is 0 Å². The van der Waals surface area contributed by atoms with Gasteiger partial charge in [-0.1, -0.05) is 13.0 Å². The minimum atomic E-state index is 0.904. The lowest BCUT2D eigenvalue weighted by Crippen LogP contribution is -2.37. The second-order valence-electron chi connectivity index (χ2n) is 5.18. The Labute approximate surface area is 117 Å². The van der Waals surface area contributed by atoms with Gasteiger partial charge in [-0.25, -0.2) is 0 Å². The molecular formula is C15H28N4. The summed E-state index contributed by atoms with van der Waals surface area (Å²) in [6.45, 7) is 8.75. The zero-order chi connectivity index (χ0) is 13.9. The Morgan fingerprint density at radius 2 is 2.00 bits per heavy atom. The molecule has 0 amide bonds. The number of nitrogens with one attached hydrogen (secondary N) is 1. The number of hydrogen-bond acceptors (Lipinski definition) is 4. The molecule has 4 heteroatoms. The first-order valence-electron chi connectivity index (χ1n) is 7.19. The van der Waals surface area contributed by atoms with E-state index in [1.54, 1.807) is 0 Å². The van der Waals surface area contributed by atoms with Crippen LogP contribution in [0.25, 0.3) is 0 Å². The van der Waals surface area contributed by atoms with Gasteiger partial charge in [0.15, 0.2) is 0 Å². The monoisotopic (exact) mass is 264 g/mol. The van der Waals surface area contributed by atoms with E-state index in [0.29, 0.717) is 0 Å². The maximum absolute atomic E-state index is 4.12. The molecule has 0 unspecified atom stereocenters. The fraction of sp³-hybridized carbons (Fsp3) is 0.667. The van der Waals surface area contributed by atoms with Crippen LogP contribution in [0.4, 0.5) is 0 Å². The van der Waals surface area contributed by atoms with Crippen molar-refractivity contribution in [2.45, 2.75) is 19.9 Å². The fourth-order valence-electron chi connectivity index (χ4n) is 1.97. The van der Waals surface area contributed by atoms with Crippen molar-refractivity contribution < 1.29 is 0 Å². The van der Waals surface area contributed by atoms with Crippen molar-refractivity contribution >= 4 is 0 Å². The maximum atomic E-state index is 4.12. The summed E-state index contributed by atoms with van der Waals surface area (Å²) in [4.78, 5) is 8.89. The minimum Gasteiger partial charge on any atom is -0.311 e. The Hall–Kier alpha value is -0.970. The Bertz CT molecular complexity index is 313. The summed E-state index contributed by atoms with van der Waals surface area (Å²) in [6, 6.07) is 4.09. The molecule has 1 N–H and O–H groups in total. The predicted octanol–water partition coefficient (Wildman–Crippen LogP) is 1.44. The molecule has 108 valence electrons. The maximum Gasteiger partial charge on any atom is 0.0312 e. The lowest BCUT2D eigenvalue weighted by molar-refractivity contribution is 0.241. The number of nitrogens with zero attached hydrogens (tertiary/aromatic N) is 3. The molecule has 0 aliphatic heterocycles. The summed E-state index contributed by atoms with van der Waals surface area (Å²) in [5.74, 6) is 0. The van der Waals surface area contributed by atoms with Crippen molar-refractivity contribution in [1.82, 2.24) is 20.1 Å². The highest BCUT2D eigenvalue weighted by Gasteiger charge is 2.03. The van der Waals surface area contributed by atoms with Crippen molar-refractivity contribution in [2.24, 2.45) is 0 Å². The average Bonchev–Trinajstić information content (AvgIpc) is 2.41. The zero-order valence-electron chi connectivity index (χ0n) is 12.6. The van der Waals surface area contributed by atoms with Crippen LogP contribution in [0.3, 0.4) is 0 Å². The van der Waals surface area contributed by atoms with Gasteiger partial charge in [0, 0.05) is 45.1 Å². The largest absolute Gasteiger partial charge is 0.311 e. The van der Waals surface area contributed by atoms with Gasteiger partial charge in [-0.05, 0) is 38.7 Å². The number of rotatable bonds is 10. The van der Waals surface area contributed by atoms with Crippen LogP contribution in [0.1, 0.15) is 18.9 Å². The van der Waals surface area contributed by atoms with Crippen LogP contribution in [0.5, 0.6) is 0 Å². The third-order valence-electron chi connectivity index (χ3n) is 3.06. The minimum absolute atomic E-state index is 0.904. The summed E-state index contributed by atoms with van der Waals surface area (Å²) >= 11 is 0. The van der Waals surface area contributed by atoms with Crippen molar-refractivity contribution in [2.75, 3.05) is 46.8 Å². The molecule has 0 radical (unpaired) electrons. The average molecular weight is 264 g/mol. The molecule has 1 heterocycles. The summed E-state index contributed by atoms with van der Waals surface area (Å²) in [7, 11) is 4.26. The molecule has 1 aromatic heterocycles. The van der Waals surface area contributed by atoms with E-state index in [1.807, 2.05) is 18.5 Å². The number of aromatic nitrogens is 1. The first kappa shape index (κ1) is 16.1. The van der Waals surface area contributed by atoms with E-state index in [-0.39, 0.29) is 0 Å². The standard InChI is InChI=1S/C15H28N4/c1-4-9-19(12-11-18(2)3)10-8-17-14-15-6-5-7-16-13-15/h5-7,13,17H,4,8-12,14H2,1-3H3. The quantitative estimate of drug-likeness (QED) is 0.648. The van der Waals surface area contributed by atoms with Gasteiger partial charge < -0.3 is 15.1 Å². The highest BCUT2D eigenvalue weighted by molar-refractivity contribution is 5.07. The summed E-state index contributed by atoms with van der Waals surface area (Å²) < 4.78 is 0. The van der Waals surface area contributed by atoms with Gasteiger partial charge in [0.2, 0.25) is 0 Å². The van der Waals surface area contributed by atoms with Gasteiger partial charge in [-0.3, -0.25) is 4.98 Å². The highest BCUT2D eigenvalue weighted by atomic mass is 15.2. The van der Waals surface area contributed by atoms with Crippen LogP contribution in [-0.2, 0) is 6.54 Å². The number of pyridine rings is 1. The molecule has 0 saturated carbocycles. The Morgan fingerprint density at radius 1 is 1.16 bits per heavy atom. The van der Waals surface area contributed by atoms with E-state index in [1.165, 1.54) is 18.5 Å². The molecule has 0 fully saturated rings. The van der Waals surface area contributed by atoms with Crippen molar-refractivity contribution in [3.8, 4) is 0 Å². The van der Waals surface area contributed by atoms with Crippen LogP contribution >= 0.6 is 0 Å². The van der Waals surface area contributed by atoms with E-state index < -0.39 is 0 Å². The molecule has 4 nitrogen and oxygen atoms in total. The van der Waals surface area contributed by atoms with E-state index in [2.05, 4.69) is 47.2 Å². The van der Waals surface area contributed by atoms with Gasteiger partial charge in [-0.15, -0.1) is 0 Å². The summed E-state index contributed by atoms with van der Waals surface area (Å²) in [5, 5.41) is 3.48. The van der Waals surface area contributed by atoms with E-state index >= 15 is 0 Å². The van der Waals surface area contributed by atoms with Gasteiger partial charge >= 0.3 is 0 Å². The molecular weight excluding hydrogens is 236 g/mol. The number of hydrogen-bond donors (Lipinski definition) is 1. The van der Waals surface area contributed by atoms with Crippen LogP contribution in [0.2, 0.25) is 0 Å². The topological polar surface area (TPSA) is 31.4 Å². The second kappa shape index (κ2) is 9.89. The van der Waals surface area contributed by atoms with Crippen molar-refractivity contribution in [3.05, 3.63) is 30.1 Å².